The van der Waals surface area contributed by atoms with Gasteiger partial charge in [0.15, 0.2) is 0 Å². The molecule has 0 spiro atoms. The summed E-state index contributed by atoms with van der Waals surface area (Å²) in [5.41, 5.74) is 18.6. The molecule has 4 heterocycles. The van der Waals surface area contributed by atoms with E-state index in [2.05, 4.69) is 273 Å². The van der Waals surface area contributed by atoms with E-state index in [-0.39, 0.29) is 0 Å². The summed E-state index contributed by atoms with van der Waals surface area (Å²) in [6, 6.07) is 88.2. The lowest BCUT2D eigenvalue weighted by atomic mass is 10.0. The van der Waals surface area contributed by atoms with Crippen molar-refractivity contribution in [2.75, 3.05) is 0 Å². The Morgan fingerprint density at radius 2 is 0.545 bits per heavy atom. The van der Waals surface area contributed by atoms with Crippen LogP contribution in [0.3, 0.4) is 0 Å². The van der Waals surface area contributed by atoms with Crippen LogP contribution in [0.4, 0.5) is 0 Å². The molecule has 0 radical (unpaired) electrons. The van der Waals surface area contributed by atoms with Crippen molar-refractivity contribution in [3.8, 4) is 67.5 Å². The summed E-state index contributed by atoms with van der Waals surface area (Å²) in [4.78, 5) is 0. The van der Waals surface area contributed by atoms with E-state index in [1.807, 2.05) is 0 Å². The molecule has 0 aliphatic carbocycles. The van der Waals surface area contributed by atoms with Crippen molar-refractivity contribution in [2.24, 2.45) is 0 Å². The minimum absolute atomic E-state index is 1.11. The molecule has 0 fully saturated rings. The molecule has 9 aromatic carbocycles. The zero-order valence-corrected chi connectivity index (χ0v) is 36.0. The van der Waals surface area contributed by atoms with Crippen LogP contribution in [0.1, 0.15) is 0 Å². The van der Waals surface area contributed by atoms with E-state index in [0.717, 1.165) is 56.3 Å². The van der Waals surface area contributed by atoms with Gasteiger partial charge in [-0.2, -0.15) is 0 Å². The molecule has 13 aromatic rings. The van der Waals surface area contributed by atoms with Gasteiger partial charge in [0.25, 0.3) is 0 Å². The summed E-state index contributed by atoms with van der Waals surface area (Å²) in [6.07, 6.45) is 4.32. The van der Waals surface area contributed by atoms with Crippen LogP contribution in [-0.2, 0) is 0 Å². The third-order valence-electron chi connectivity index (χ3n) is 13.3. The summed E-state index contributed by atoms with van der Waals surface area (Å²) in [5, 5.41) is 4.80. The average molecular weight is 843 g/mol. The van der Waals surface area contributed by atoms with Crippen LogP contribution in [0.15, 0.2) is 255 Å². The Morgan fingerprint density at radius 3 is 0.955 bits per heavy atom. The Morgan fingerprint density at radius 1 is 0.212 bits per heavy atom. The molecular weight excluding hydrogens is 801 g/mol. The maximum Gasteiger partial charge on any atom is 0.0542 e. The second-order valence-electron chi connectivity index (χ2n) is 17.1. The molecule has 4 heteroatoms. The van der Waals surface area contributed by atoms with Gasteiger partial charge in [-0.1, -0.05) is 146 Å². The Labute approximate surface area is 382 Å². The van der Waals surface area contributed by atoms with E-state index in [4.69, 9.17) is 0 Å². The molecule has 0 aliphatic rings. The normalized spacial score (nSPS) is 11.6. The molecule has 0 N–H and O–H groups in total. The van der Waals surface area contributed by atoms with Gasteiger partial charge in [-0.3, -0.25) is 0 Å². The van der Waals surface area contributed by atoms with Crippen LogP contribution in [-0.4, -0.2) is 18.3 Å². The predicted molar refractivity (Wildman–Crippen MR) is 276 cm³/mol. The van der Waals surface area contributed by atoms with Crippen LogP contribution < -0.4 is 0 Å². The number of benzene rings is 9. The quantitative estimate of drug-likeness (QED) is 0.145. The molecular formula is C62H42N4. The fourth-order valence-corrected chi connectivity index (χ4v) is 9.96. The third-order valence-corrected chi connectivity index (χ3v) is 13.3. The summed E-state index contributed by atoms with van der Waals surface area (Å²) in [7, 11) is 0. The first kappa shape index (κ1) is 37.7. The Kier molecular flexibility index (Phi) is 8.81. The Hall–Kier alpha value is -8.86. The zero-order valence-electron chi connectivity index (χ0n) is 36.0. The Balaban J connectivity index is 0.988. The molecule has 0 bridgehead atoms. The second-order valence-corrected chi connectivity index (χ2v) is 17.1. The molecule has 310 valence electrons. The van der Waals surface area contributed by atoms with Crippen molar-refractivity contribution in [3.05, 3.63) is 255 Å². The molecule has 0 saturated heterocycles. The van der Waals surface area contributed by atoms with Crippen molar-refractivity contribution < 1.29 is 0 Å². The van der Waals surface area contributed by atoms with Crippen LogP contribution in [0.2, 0.25) is 0 Å². The standard InChI is InChI=1S/C62H42N4/c1-3-11-43(12-4-1)45-19-23-49(24-20-45)59-39-51-41-62-52(42-61(51)65(59)55-31-27-53(28-32-55)63-37-35-47-15-7-9-17-57(47)63)40-60(50-25-21-46(22-26-50)44-13-5-2-6-14-44)66(62)56-33-29-54(30-34-56)64-38-36-48-16-8-10-18-58(48)64/h1-42H. The lowest BCUT2D eigenvalue weighted by Crippen LogP contribution is -1.99. The lowest BCUT2D eigenvalue weighted by molar-refractivity contribution is 1.10. The Bertz CT molecular complexity index is 3610. The number of hydrogen-bond donors (Lipinski definition) is 0. The summed E-state index contributed by atoms with van der Waals surface area (Å²) < 4.78 is 9.41. The van der Waals surface area contributed by atoms with Gasteiger partial charge >= 0.3 is 0 Å². The average Bonchev–Trinajstić information content (AvgIpc) is 4.20. The molecule has 0 saturated carbocycles. The van der Waals surface area contributed by atoms with Crippen LogP contribution in [0, 0.1) is 0 Å². The van der Waals surface area contributed by atoms with Crippen LogP contribution in [0.25, 0.3) is 111 Å². The van der Waals surface area contributed by atoms with Crippen molar-refractivity contribution in [3.63, 3.8) is 0 Å². The molecule has 4 nitrogen and oxygen atoms in total. The van der Waals surface area contributed by atoms with Gasteiger partial charge in [-0.05, 0) is 141 Å². The number of hydrogen-bond acceptors (Lipinski definition) is 0. The van der Waals surface area contributed by atoms with Crippen molar-refractivity contribution in [1.82, 2.24) is 18.3 Å². The molecule has 13 rings (SSSR count). The molecule has 0 atom stereocenters. The second kappa shape index (κ2) is 15.4. The van der Waals surface area contributed by atoms with Gasteiger partial charge in [0.05, 0.1) is 33.5 Å². The highest BCUT2D eigenvalue weighted by atomic mass is 15.0. The fourth-order valence-electron chi connectivity index (χ4n) is 9.96. The van der Waals surface area contributed by atoms with Crippen LogP contribution in [0.5, 0.6) is 0 Å². The minimum atomic E-state index is 1.11. The van der Waals surface area contributed by atoms with Gasteiger partial charge in [-0.25, -0.2) is 0 Å². The molecule has 66 heavy (non-hydrogen) atoms. The predicted octanol–water partition coefficient (Wildman–Crippen LogP) is 16.1. The zero-order chi connectivity index (χ0) is 43.6. The fraction of sp³-hybridized carbons (Fsp3) is 0. The highest BCUT2D eigenvalue weighted by Gasteiger charge is 2.19. The van der Waals surface area contributed by atoms with E-state index < -0.39 is 0 Å². The number of nitrogens with zero attached hydrogens (tertiary/aromatic N) is 4. The maximum atomic E-state index is 2.44. The molecule has 0 unspecified atom stereocenters. The van der Waals surface area contributed by atoms with E-state index in [0.29, 0.717) is 0 Å². The van der Waals surface area contributed by atoms with Crippen molar-refractivity contribution >= 4 is 43.6 Å². The van der Waals surface area contributed by atoms with Gasteiger partial charge in [0.2, 0.25) is 0 Å². The number of para-hydroxylation sites is 2. The number of fused-ring (bicyclic) bond motifs is 4. The van der Waals surface area contributed by atoms with E-state index in [1.54, 1.807) is 0 Å². The van der Waals surface area contributed by atoms with E-state index in [9.17, 15) is 0 Å². The number of aromatic nitrogens is 4. The molecule has 0 amide bonds. The first-order valence-corrected chi connectivity index (χ1v) is 22.6. The molecule has 0 aliphatic heterocycles. The molecule has 4 aromatic heterocycles. The van der Waals surface area contributed by atoms with E-state index >= 15 is 0 Å². The highest BCUT2D eigenvalue weighted by molar-refractivity contribution is 6.02. The topological polar surface area (TPSA) is 19.7 Å². The SMILES string of the molecule is c1ccc(-c2ccc(-c3cc4cc5c(cc(-c6ccc(-c7ccccc7)cc6)n5-c5ccc(-n6ccc7ccccc76)cc5)cc4n3-c3ccc(-n4ccc5ccccc54)cc3)cc2)cc1. The summed E-state index contributed by atoms with van der Waals surface area (Å²) in [6.45, 7) is 0. The third kappa shape index (κ3) is 6.38. The highest BCUT2D eigenvalue weighted by Crippen LogP contribution is 2.40. The maximum absolute atomic E-state index is 2.44. The first-order valence-electron chi connectivity index (χ1n) is 22.6. The van der Waals surface area contributed by atoms with E-state index in [1.165, 1.54) is 54.8 Å². The van der Waals surface area contributed by atoms with Crippen molar-refractivity contribution in [2.45, 2.75) is 0 Å². The summed E-state index contributed by atoms with van der Waals surface area (Å²) in [5.74, 6) is 0. The van der Waals surface area contributed by atoms with Gasteiger partial charge < -0.3 is 18.3 Å². The van der Waals surface area contributed by atoms with Gasteiger partial charge in [-0.15, -0.1) is 0 Å². The minimum Gasteiger partial charge on any atom is -0.317 e. The first-order chi connectivity index (χ1) is 32.7. The van der Waals surface area contributed by atoms with Crippen molar-refractivity contribution in [1.29, 1.82) is 0 Å². The van der Waals surface area contributed by atoms with Crippen LogP contribution >= 0.6 is 0 Å². The number of rotatable bonds is 8. The monoisotopic (exact) mass is 842 g/mol. The largest absolute Gasteiger partial charge is 0.317 e. The smallest absolute Gasteiger partial charge is 0.0542 e. The van der Waals surface area contributed by atoms with Gasteiger partial charge in [0, 0.05) is 45.9 Å². The summed E-state index contributed by atoms with van der Waals surface area (Å²) >= 11 is 0. The van der Waals surface area contributed by atoms with Gasteiger partial charge in [0.1, 0.15) is 0 Å². The lowest BCUT2D eigenvalue weighted by Gasteiger charge is -2.14.